The lowest BCUT2D eigenvalue weighted by atomic mass is 10.1. The number of anilines is 1. The lowest BCUT2D eigenvalue weighted by Crippen LogP contribution is -2.20. The number of hydrogen-bond donors (Lipinski definition) is 1. The SMILES string of the molecule is Cc1cc(C)c(C)c(OCC(=O)Nc2ccc(OC(C)C)cc2)c1. The highest BCUT2D eigenvalue weighted by molar-refractivity contribution is 5.91. The van der Waals surface area contributed by atoms with Gasteiger partial charge in [0.2, 0.25) is 0 Å². The van der Waals surface area contributed by atoms with Gasteiger partial charge in [-0.15, -0.1) is 0 Å². The first-order valence-corrected chi connectivity index (χ1v) is 8.12. The molecule has 0 spiro atoms. The number of rotatable bonds is 6. The van der Waals surface area contributed by atoms with Crippen molar-refractivity contribution in [2.75, 3.05) is 11.9 Å². The Labute approximate surface area is 143 Å². The van der Waals surface area contributed by atoms with E-state index in [0.29, 0.717) is 0 Å². The molecule has 128 valence electrons. The van der Waals surface area contributed by atoms with E-state index in [9.17, 15) is 4.79 Å². The first-order chi connectivity index (χ1) is 11.3. The average molecular weight is 327 g/mol. The van der Waals surface area contributed by atoms with Crippen molar-refractivity contribution in [3.05, 3.63) is 53.1 Å². The molecule has 0 aromatic heterocycles. The Balaban J connectivity index is 1.92. The first-order valence-electron chi connectivity index (χ1n) is 8.12. The summed E-state index contributed by atoms with van der Waals surface area (Å²) in [7, 11) is 0. The molecule has 0 atom stereocenters. The normalized spacial score (nSPS) is 10.6. The van der Waals surface area contributed by atoms with Crippen molar-refractivity contribution in [1.29, 1.82) is 0 Å². The van der Waals surface area contributed by atoms with Crippen molar-refractivity contribution in [2.24, 2.45) is 0 Å². The maximum Gasteiger partial charge on any atom is 0.262 e. The molecule has 2 aromatic rings. The second-order valence-electron chi connectivity index (χ2n) is 6.23. The van der Waals surface area contributed by atoms with Crippen molar-refractivity contribution in [2.45, 2.75) is 40.7 Å². The van der Waals surface area contributed by atoms with Crippen LogP contribution in [0.25, 0.3) is 0 Å². The minimum atomic E-state index is -0.189. The molecule has 0 unspecified atom stereocenters. The number of carbonyl (C=O) groups excluding carboxylic acids is 1. The standard InChI is InChI=1S/C20H25NO3/c1-13(2)24-18-8-6-17(7-9-18)21-20(22)12-23-19-11-14(3)10-15(4)16(19)5/h6-11,13H,12H2,1-5H3,(H,21,22). The van der Waals surface area contributed by atoms with E-state index in [1.54, 1.807) is 0 Å². The Bertz CT molecular complexity index is 706. The molecule has 0 heterocycles. The van der Waals surface area contributed by atoms with Gasteiger partial charge in [0.15, 0.2) is 6.61 Å². The summed E-state index contributed by atoms with van der Waals surface area (Å²) in [6.07, 6.45) is 0.125. The molecule has 0 bridgehead atoms. The van der Waals surface area contributed by atoms with Crippen LogP contribution in [0.4, 0.5) is 5.69 Å². The van der Waals surface area contributed by atoms with Crippen LogP contribution >= 0.6 is 0 Å². The molecule has 0 aliphatic carbocycles. The van der Waals surface area contributed by atoms with Crippen LogP contribution in [0, 0.1) is 20.8 Å². The van der Waals surface area contributed by atoms with Crippen LogP contribution in [0.5, 0.6) is 11.5 Å². The van der Waals surface area contributed by atoms with E-state index in [2.05, 4.69) is 11.4 Å². The molecule has 0 aliphatic rings. The maximum atomic E-state index is 12.1. The van der Waals surface area contributed by atoms with Crippen LogP contribution < -0.4 is 14.8 Å². The third kappa shape index (κ3) is 5.01. The molecule has 2 rings (SSSR count). The van der Waals surface area contributed by atoms with Gasteiger partial charge >= 0.3 is 0 Å². The van der Waals surface area contributed by atoms with Crippen molar-refractivity contribution in [1.82, 2.24) is 0 Å². The van der Waals surface area contributed by atoms with E-state index in [-0.39, 0.29) is 18.6 Å². The molecule has 4 heteroatoms. The topological polar surface area (TPSA) is 47.6 Å². The fourth-order valence-electron chi connectivity index (χ4n) is 2.38. The van der Waals surface area contributed by atoms with Crippen LogP contribution in [0.2, 0.25) is 0 Å². The number of amides is 1. The van der Waals surface area contributed by atoms with E-state index >= 15 is 0 Å². The summed E-state index contributed by atoms with van der Waals surface area (Å²) in [6, 6.07) is 11.4. The van der Waals surface area contributed by atoms with Gasteiger partial charge in [-0.05, 0) is 81.6 Å². The van der Waals surface area contributed by atoms with Gasteiger partial charge in [0.25, 0.3) is 5.91 Å². The third-order valence-corrected chi connectivity index (χ3v) is 3.63. The highest BCUT2D eigenvalue weighted by Gasteiger charge is 2.08. The predicted molar refractivity (Wildman–Crippen MR) is 97.0 cm³/mol. The maximum absolute atomic E-state index is 12.1. The predicted octanol–water partition coefficient (Wildman–Crippen LogP) is 4.42. The molecular weight excluding hydrogens is 302 g/mol. The van der Waals surface area contributed by atoms with Gasteiger partial charge in [-0.2, -0.15) is 0 Å². The summed E-state index contributed by atoms with van der Waals surface area (Å²) in [4.78, 5) is 12.1. The summed E-state index contributed by atoms with van der Waals surface area (Å²) in [5.41, 5.74) is 4.06. The second-order valence-corrected chi connectivity index (χ2v) is 6.23. The number of carbonyl (C=O) groups is 1. The molecule has 0 fully saturated rings. The molecule has 0 saturated carbocycles. The van der Waals surface area contributed by atoms with Crippen molar-refractivity contribution < 1.29 is 14.3 Å². The summed E-state index contributed by atoms with van der Waals surface area (Å²) >= 11 is 0. The zero-order valence-corrected chi connectivity index (χ0v) is 15.0. The van der Waals surface area contributed by atoms with Gasteiger partial charge < -0.3 is 14.8 Å². The smallest absolute Gasteiger partial charge is 0.262 e. The van der Waals surface area contributed by atoms with Gasteiger partial charge in [0, 0.05) is 5.69 Å². The number of nitrogens with one attached hydrogen (secondary N) is 1. The Morgan fingerprint density at radius 2 is 1.75 bits per heavy atom. The third-order valence-electron chi connectivity index (χ3n) is 3.63. The highest BCUT2D eigenvalue weighted by Crippen LogP contribution is 2.23. The van der Waals surface area contributed by atoms with Crippen molar-refractivity contribution >= 4 is 11.6 Å². The summed E-state index contributed by atoms with van der Waals surface area (Å²) in [5.74, 6) is 1.35. The minimum Gasteiger partial charge on any atom is -0.491 e. The molecular formula is C20H25NO3. The fourth-order valence-corrected chi connectivity index (χ4v) is 2.38. The van der Waals surface area contributed by atoms with E-state index in [0.717, 1.165) is 33.9 Å². The van der Waals surface area contributed by atoms with E-state index in [1.165, 1.54) is 0 Å². The fraction of sp³-hybridized carbons (Fsp3) is 0.350. The van der Waals surface area contributed by atoms with E-state index in [4.69, 9.17) is 9.47 Å². The van der Waals surface area contributed by atoms with Crippen molar-refractivity contribution in [3.8, 4) is 11.5 Å². The van der Waals surface area contributed by atoms with Gasteiger partial charge in [0.05, 0.1) is 6.10 Å². The zero-order chi connectivity index (χ0) is 17.7. The molecule has 1 amide bonds. The van der Waals surface area contributed by atoms with Crippen LogP contribution in [-0.4, -0.2) is 18.6 Å². The molecule has 0 radical (unpaired) electrons. The molecule has 0 saturated heterocycles. The number of aryl methyl sites for hydroxylation is 2. The summed E-state index contributed by atoms with van der Waals surface area (Å²) in [6.45, 7) is 9.98. The molecule has 2 aromatic carbocycles. The van der Waals surface area contributed by atoms with Crippen LogP contribution in [0.3, 0.4) is 0 Å². The number of ether oxygens (including phenoxy) is 2. The molecule has 0 aliphatic heterocycles. The van der Waals surface area contributed by atoms with Gasteiger partial charge in [0.1, 0.15) is 11.5 Å². The first kappa shape index (κ1) is 17.9. The number of benzene rings is 2. The monoisotopic (exact) mass is 327 g/mol. The van der Waals surface area contributed by atoms with Gasteiger partial charge in [-0.1, -0.05) is 6.07 Å². The highest BCUT2D eigenvalue weighted by atomic mass is 16.5. The Morgan fingerprint density at radius 3 is 2.38 bits per heavy atom. The zero-order valence-electron chi connectivity index (χ0n) is 15.0. The molecule has 24 heavy (non-hydrogen) atoms. The summed E-state index contributed by atoms with van der Waals surface area (Å²) < 4.78 is 11.2. The minimum absolute atomic E-state index is 0.0199. The quantitative estimate of drug-likeness (QED) is 0.854. The second kappa shape index (κ2) is 7.86. The van der Waals surface area contributed by atoms with Crippen LogP contribution in [-0.2, 0) is 4.79 Å². The van der Waals surface area contributed by atoms with Crippen LogP contribution in [0.15, 0.2) is 36.4 Å². The Morgan fingerprint density at radius 1 is 1.08 bits per heavy atom. The van der Waals surface area contributed by atoms with Crippen molar-refractivity contribution in [3.63, 3.8) is 0 Å². The Hall–Kier alpha value is -2.49. The molecule has 4 nitrogen and oxygen atoms in total. The molecule has 1 N–H and O–H groups in total. The summed E-state index contributed by atoms with van der Waals surface area (Å²) in [5, 5.41) is 2.82. The lowest BCUT2D eigenvalue weighted by Gasteiger charge is -2.13. The average Bonchev–Trinajstić information content (AvgIpc) is 2.51. The van der Waals surface area contributed by atoms with E-state index < -0.39 is 0 Å². The van der Waals surface area contributed by atoms with Gasteiger partial charge in [-0.3, -0.25) is 4.79 Å². The van der Waals surface area contributed by atoms with E-state index in [1.807, 2.05) is 65.0 Å². The lowest BCUT2D eigenvalue weighted by molar-refractivity contribution is -0.118. The van der Waals surface area contributed by atoms with Crippen LogP contribution in [0.1, 0.15) is 30.5 Å². The number of hydrogen-bond acceptors (Lipinski definition) is 3. The van der Waals surface area contributed by atoms with Gasteiger partial charge in [-0.25, -0.2) is 0 Å². The Kier molecular flexibility index (Phi) is 5.85. The largest absolute Gasteiger partial charge is 0.491 e.